The fraction of sp³-hybridized carbons (Fsp3) is 0.273. The van der Waals surface area contributed by atoms with Crippen molar-refractivity contribution in [3.63, 3.8) is 0 Å². The number of carbonyl (C=O) groups excluding carboxylic acids is 2. The third-order valence-electron chi connectivity index (χ3n) is 5.08. The highest BCUT2D eigenvalue weighted by Gasteiger charge is 2.31. The number of pyridine rings is 1. The molecule has 0 saturated heterocycles. The molecule has 0 fully saturated rings. The summed E-state index contributed by atoms with van der Waals surface area (Å²) >= 11 is 0. The molecule has 0 aliphatic rings. The number of carboxylic acid groups (broad SMARTS) is 1. The number of ketones is 1. The summed E-state index contributed by atoms with van der Waals surface area (Å²) in [5.74, 6) is -4.87. The van der Waals surface area contributed by atoms with Gasteiger partial charge in [0.15, 0.2) is 18.5 Å². The summed E-state index contributed by atoms with van der Waals surface area (Å²) in [6, 6.07) is 8.74. The smallest absolute Gasteiger partial charge is 0.334 e. The number of nitrogens with zero attached hydrogens (tertiary/aromatic N) is 3. The zero-order valence-corrected chi connectivity index (χ0v) is 17.2. The Morgan fingerprint density at radius 3 is 2.59 bits per heavy atom. The lowest BCUT2D eigenvalue weighted by Crippen LogP contribution is -2.49. The molecule has 0 spiro atoms. The Morgan fingerprint density at radius 1 is 1.16 bits per heavy atom. The average molecular weight is 440 g/mol. The summed E-state index contributed by atoms with van der Waals surface area (Å²) < 4.78 is 13.8. The number of fused-ring (bicyclic) bond motifs is 1. The van der Waals surface area contributed by atoms with E-state index in [0.717, 1.165) is 10.8 Å². The fourth-order valence-electron chi connectivity index (χ4n) is 3.44. The molecular weight excluding hydrogens is 419 g/mol. The van der Waals surface area contributed by atoms with E-state index in [9.17, 15) is 23.6 Å². The van der Waals surface area contributed by atoms with Crippen molar-refractivity contribution in [3.8, 4) is 0 Å². The number of halogens is 1. The molecule has 0 radical (unpaired) electrons. The molecule has 166 valence electrons. The lowest BCUT2D eigenvalue weighted by Gasteiger charge is -2.18. The van der Waals surface area contributed by atoms with Crippen LogP contribution < -0.4 is 10.9 Å². The number of nitrogens with one attached hydrogen (secondary N) is 1. The zero-order valence-electron chi connectivity index (χ0n) is 17.2. The van der Waals surface area contributed by atoms with Gasteiger partial charge in [0.1, 0.15) is 0 Å². The summed E-state index contributed by atoms with van der Waals surface area (Å²) in [7, 11) is 0. The van der Waals surface area contributed by atoms with Gasteiger partial charge in [-0.3, -0.25) is 19.4 Å². The molecule has 3 rings (SSSR count). The van der Waals surface area contributed by atoms with Crippen LogP contribution in [0.4, 0.5) is 4.39 Å². The number of aliphatic carboxylic acids is 1. The van der Waals surface area contributed by atoms with Crippen molar-refractivity contribution in [2.75, 3.05) is 6.67 Å². The predicted molar refractivity (Wildman–Crippen MR) is 113 cm³/mol. The van der Waals surface area contributed by atoms with E-state index in [4.69, 9.17) is 5.11 Å². The standard InChI is InChI=1S/C22H21FN4O5/c1-2-14(20(29)26-19(22(31)32)18(28)11-23)16-8-10-25-27(21(16)30)12-17-15-6-4-3-5-13(15)7-9-24-17/h3-10,14,19H,2,11-12H2,1H3,(H,26,29)(H,31,32). The van der Waals surface area contributed by atoms with Crippen LogP contribution in [0, 0.1) is 0 Å². The van der Waals surface area contributed by atoms with Gasteiger partial charge >= 0.3 is 5.97 Å². The molecule has 2 aromatic heterocycles. The Labute approximate surface area is 181 Å². The molecule has 0 aliphatic heterocycles. The molecule has 9 nitrogen and oxygen atoms in total. The number of hydrogen-bond acceptors (Lipinski definition) is 6. The van der Waals surface area contributed by atoms with Crippen molar-refractivity contribution < 1.29 is 23.9 Å². The number of benzene rings is 1. The molecule has 3 aromatic rings. The first-order chi connectivity index (χ1) is 15.4. The summed E-state index contributed by atoms with van der Waals surface area (Å²) in [5.41, 5.74) is 0.150. The first kappa shape index (κ1) is 22.7. The van der Waals surface area contributed by atoms with Crippen molar-refractivity contribution in [3.05, 3.63) is 70.4 Å². The summed E-state index contributed by atoms with van der Waals surface area (Å²) in [5, 5.41) is 17.0. The fourth-order valence-corrected chi connectivity index (χ4v) is 3.44. The van der Waals surface area contributed by atoms with Gasteiger partial charge in [-0.15, -0.1) is 0 Å². The van der Waals surface area contributed by atoms with Crippen molar-refractivity contribution in [2.45, 2.75) is 31.8 Å². The van der Waals surface area contributed by atoms with Crippen molar-refractivity contribution in [1.82, 2.24) is 20.1 Å². The highest BCUT2D eigenvalue weighted by molar-refractivity contribution is 6.06. The largest absolute Gasteiger partial charge is 0.479 e. The Hall–Kier alpha value is -3.95. The summed E-state index contributed by atoms with van der Waals surface area (Å²) in [4.78, 5) is 52.8. The number of aromatic nitrogens is 3. The molecule has 10 heteroatoms. The molecular formula is C22H21FN4O5. The van der Waals surface area contributed by atoms with E-state index < -0.39 is 41.9 Å². The van der Waals surface area contributed by atoms with Crippen LogP contribution >= 0.6 is 0 Å². The molecule has 0 aliphatic carbocycles. The number of alkyl halides is 1. The second-order valence-corrected chi connectivity index (χ2v) is 7.07. The van der Waals surface area contributed by atoms with Crippen LogP contribution in [0.2, 0.25) is 0 Å². The molecule has 1 amide bonds. The van der Waals surface area contributed by atoms with E-state index in [1.807, 2.05) is 35.6 Å². The van der Waals surface area contributed by atoms with Gasteiger partial charge < -0.3 is 10.4 Å². The lowest BCUT2D eigenvalue weighted by molar-refractivity contribution is -0.146. The van der Waals surface area contributed by atoms with E-state index in [-0.39, 0.29) is 18.5 Å². The van der Waals surface area contributed by atoms with Gasteiger partial charge in [-0.1, -0.05) is 31.2 Å². The first-order valence-electron chi connectivity index (χ1n) is 9.87. The normalized spacial score (nSPS) is 12.8. The van der Waals surface area contributed by atoms with E-state index in [2.05, 4.69) is 10.1 Å². The number of hydrogen-bond donors (Lipinski definition) is 2. The van der Waals surface area contributed by atoms with Crippen LogP contribution in [-0.4, -0.2) is 50.2 Å². The van der Waals surface area contributed by atoms with Crippen LogP contribution in [0.3, 0.4) is 0 Å². The van der Waals surface area contributed by atoms with E-state index in [1.54, 1.807) is 13.1 Å². The third-order valence-corrected chi connectivity index (χ3v) is 5.08. The average Bonchev–Trinajstić information content (AvgIpc) is 2.79. The summed E-state index contributed by atoms with van der Waals surface area (Å²) in [6.45, 7) is 0.158. The topological polar surface area (TPSA) is 131 Å². The van der Waals surface area contributed by atoms with Gasteiger partial charge in [0.25, 0.3) is 5.56 Å². The molecule has 2 atom stereocenters. The highest BCUT2D eigenvalue weighted by atomic mass is 19.1. The monoisotopic (exact) mass is 440 g/mol. The van der Waals surface area contributed by atoms with Gasteiger partial charge in [0.2, 0.25) is 5.91 Å². The van der Waals surface area contributed by atoms with Crippen LogP contribution in [0.15, 0.2) is 53.6 Å². The van der Waals surface area contributed by atoms with Crippen LogP contribution in [0.1, 0.15) is 30.5 Å². The second-order valence-electron chi connectivity index (χ2n) is 7.07. The van der Waals surface area contributed by atoms with Crippen LogP contribution in [-0.2, 0) is 20.9 Å². The number of carboxylic acids is 1. The molecule has 1 aromatic carbocycles. The molecule has 0 saturated carbocycles. The van der Waals surface area contributed by atoms with Gasteiger partial charge in [0, 0.05) is 23.3 Å². The van der Waals surface area contributed by atoms with Gasteiger partial charge in [-0.05, 0) is 23.9 Å². The lowest BCUT2D eigenvalue weighted by atomic mass is 9.96. The SMILES string of the molecule is CCC(C(=O)NC(C(=O)O)C(=O)CF)c1ccnn(Cc2nccc3ccccc23)c1=O. The van der Waals surface area contributed by atoms with E-state index in [1.165, 1.54) is 16.9 Å². The Morgan fingerprint density at radius 2 is 1.91 bits per heavy atom. The maximum atomic E-state index is 13.1. The van der Waals surface area contributed by atoms with Gasteiger partial charge in [0.05, 0.1) is 18.2 Å². The van der Waals surface area contributed by atoms with Crippen molar-refractivity contribution in [2.24, 2.45) is 0 Å². The minimum atomic E-state index is -2.02. The second kappa shape index (κ2) is 9.90. The number of carbonyl (C=O) groups is 3. The minimum absolute atomic E-state index is 0.0597. The highest BCUT2D eigenvalue weighted by Crippen LogP contribution is 2.18. The van der Waals surface area contributed by atoms with Gasteiger partial charge in [-0.25, -0.2) is 13.9 Å². The first-order valence-corrected chi connectivity index (χ1v) is 9.87. The number of amides is 1. The maximum Gasteiger partial charge on any atom is 0.334 e. The maximum absolute atomic E-state index is 13.1. The van der Waals surface area contributed by atoms with Crippen LogP contribution in [0.25, 0.3) is 10.8 Å². The number of Topliss-reactive ketones (excluding diaryl/α,β-unsaturated/α-hetero) is 1. The Kier molecular flexibility index (Phi) is 7.04. The third kappa shape index (κ3) is 4.69. The molecule has 2 N–H and O–H groups in total. The molecule has 2 heterocycles. The van der Waals surface area contributed by atoms with Crippen LogP contribution in [0.5, 0.6) is 0 Å². The predicted octanol–water partition coefficient (Wildman–Crippen LogP) is 1.44. The van der Waals surface area contributed by atoms with E-state index >= 15 is 0 Å². The molecule has 2 unspecified atom stereocenters. The van der Waals surface area contributed by atoms with Crippen molar-refractivity contribution >= 4 is 28.4 Å². The Balaban J connectivity index is 1.92. The summed E-state index contributed by atoms with van der Waals surface area (Å²) in [6.07, 6.45) is 3.13. The quantitative estimate of drug-likeness (QED) is 0.481. The van der Waals surface area contributed by atoms with Gasteiger partial charge in [-0.2, -0.15) is 5.10 Å². The van der Waals surface area contributed by atoms with E-state index in [0.29, 0.717) is 5.69 Å². The number of rotatable bonds is 9. The molecule has 32 heavy (non-hydrogen) atoms. The minimum Gasteiger partial charge on any atom is -0.479 e. The Bertz CT molecular complexity index is 1220. The molecule has 0 bridgehead atoms. The van der Waals surface area contributed by atoms with Crippen molar-refractivity contribution in [1.29, 1.82) is 0 Å². The zero-order chi connectivity index (χ0) is 23.3.